The first-order chi connectivity index (χ1) is 14.3. The first-order valence-corrected chi connectivity index (χ1v) is 11.3. The van der Waals surface area contributed by atoms with E-state index in [4.69, 9.17) is 11.6 Å². The van der Waals surface area contributed by atoms with Crippen molar-refractivity contribution in [1.29, 1.82) is 0 Å². The Kier molecular flexibility index (Phi) is 6.02. The zero-order valence-corrected chi connectivity index (χ0v) is 18.7. The molecule has 4 rings (SSSR count). The number of nitrogens with zero attached hydrogens (tertiary/aromatic N) is 3. The highest BCUT2D eigenvalue weighted by Crippen LogP contribution is 2.38. The molecule has 2 aromatic carbocycles. The smallest absolute Gasteiger partial charge is 0.271 e. The van der Waals surface area contributed by atoms with Gasteiger partial charge in [0.1, 0.15) is 16.2 Å². The van der Waals surface area contributed by atoms with Gasteiger partial charge in [-0.3, -0.25) is 9.69 Å². The second-order valence-corrected chi connectivity index (χ2v) is 9.53. The second-order valence-electron chi connectivity index (χ2n) is 7.09. The molecule has 0 saturated heterocycles. The summed E-state index contributed by atoms with van der Waals surface area (Å²) in [6.45, 7) is 1.14. The van der Waals surface area contributed by atoms with E-state index in [2.05, 4.69) is 4.98 Å². The number of aromatic nitrogens is 1. The van der Waals surface area contributed by atoms with Gasteiger partial charge >= 0.3 is 0 Å². The maximum atomic E-state index is 14.2. The number of hydrogen-bond acceptors (Lipinski definition) is 5. The van der Waals surface area contributed by atoms with Gasteiger partial charge in [-0.1, -0.05) is 41.1 Å². The van der Waals surface area contributed by atoms with Gasteiger partial charge in [-0.15, -0.1) is 11.3 Å². The van der Waals surface area contributed by atoms with Crippen molar-refractivity contribution in [2.75, 3.05) is 32.1 Å². The monoisotopic (exact) mass is 465 g/mol. The minimum absolute atomic E-state index is 0.0595. The number of amides is 1. The molecule has 0 aliphatic rings. The van der Waals surface area contributed by atoms with E-state index in [1.807, 2.05) is 43.3 Å². The Morgan fingerprint density at radius 3 is 2.60 bits per heavy atom. The Bertz CT molecular complexity index is 1240. The third-order valence-electron chi connectivity index (χ3n) is 4.59. The fourth-order valence-corrected chi connectivity index (χ4v) is 5.65. The van der Waals surface area contributed by atoms with Gasteiger partial charge in [-0.2, -0.15) is 0 Å². The van der Waals surface area contributed by atoms with Crippen molar-refractivity contribution in [3.05, 3.63) is 57.9 Å². The number of hydrogen-bond donors (Lipinski definition) is 0. The molecule has 0 saturated carbocycles. The first kappa shape index (κ1) is 21.1. The van der Waals surface area contributed by atoms with Gasteiger partial charge in [-0.25, -0.2) is 13.8 Å². The van der Waals surface area contributed by atoms with E-state index >= 15 is 0 Å². The molecule has 156 valence electrons. The van der Waals surface area contributed by atoms with Crippen molar-refractivity contribution in [2.24, 2.45) is 0 Å². The van der Waals surface area contributed by atoms with Crippen LogP contribution in [0.3, 0.4) is 0 Å². The predicted molar refractivity (Wildman–Crippen MR) is 121 cm³/mol. The molecule has 0 aliphatic carbocycles. The van der Waals surface area contributed by atoms with Crippen LogP contribution in [0.15, 0.2) is 36.4 Å². The molecule has 0 bridgehead atoms. The number of halogens is 3. The fraction of sp³-hybridized carbons (Fsp3) is 0.238. The minimum Gasteiger partial charge on any atom is -0.309 e. The summed E-state index contributed by atoms with van der Waals surface area (Å²) in [6.07, 6.45) is 0.689. The number of anilines is 1. The Hall–Kier alpha value is -2.13. The zero-order chi connectivity index (χ0) is 21.4. The van der Waals surface area contributed by atoms with Crippen LogP contribution in [0.25, 0.3) is 20.3 Å². The van der Waals surface area contributed by atoms with Crippen LogP contribution in [0.4, 0.5) is 13.9 Å². The summed E-state index contributed by atoms with van der Waals surface area (Å²) < 4.78 is 29.1. The van der Waals surface area contributed by atoms with E-state index in [0.717, 1.165) is 34.0 Å². The van der Waals surface area contributed by atoms with E-state index in [1.165, 1.54) is 22.3 Å². The Balaban J connectivity index is 1.76. The van der Waals surface area contributed by atoms with Crippen LogP contribution in [0.1, 0.15) is 16.1 Å². The van der Waals surface area contributed by atoms with Gasteiger partial charge in [0.05, 0.1) is 9.72 Å². The molecule has 4 aromatic rings. The van der Waals surface area contributed by atoms with Gasteiger partial charge in [0.2, 0.25) is 0 Å². The molecule has 2 heterocycles. The number of fused-ring (bicyclic) bond motifs is 2. The van der Waals surface area contributed by atoms with E-state index < -0.39 is 11.6 Å². The molecule has 9 heteroatoms. The highest BCUT2D eigenvalue weighted by Gasteiger charge is 2.26. The first-order valence-electron chi connectivity index (χ1n) is 9.24. The van der Waals surface area contributed by atoms with Crippen LogP contribution in [0, 0.1) is 11.6 Å². The minimum atomic E-state index is -0.743. The molecule has 0 unspecified atom stereocenters. The highest BCUT2D eigenvalue weighted by molar-refractivity contribution is 7.23. The van der Waals surface area contributed by atoms with Crippen molar-refractivity contribution in [1.82, 2.24) is 9.88 Å². The van der Waals surface area contributed by atoms with Crippen LogP contribution < -0.4 is 4.90 Å². The number of thiophene rings is 1. The predicted octanol–water partition coefficient (Wildman–Crippen LogP) is 6.04. The Morgan fingerprint density at radius 1 is 1.10 bits per heavy atom. The summed E-state index contributed by atoms with van der Waals surface area (Å²) in [6, 6.07) is 9.57. The van der Waals surface area contributed by atoms with Crippen molar-refractivity contribution in [3.63, 3.8) is 0 Å². The SMILES string of the molecule is CN(C)CCCN(C(=O)c1sc2ccccc2c1Cl)c1nc2c(F)cc(F)cc2s1. The lowest BCUT2D eigenvalue weighted by Gasteiger charge is -2.20. The van der Waals surface area contributed by atoms with E-state index in [9.17, 15) is 13.6 Å². The van der Waals surface area contributed by atoms with Gasteiger partial charge < -0.3 is 4.90 Å². The Labute approximate surface area is 185 Å². The average molecular weight is 466 g/mol. The third-order valence-corrected chi connectivity index (χ3v) is 7.28. The van der Waals surface area contributed by atoms with Crippen LogP contribution in [0.2, 0.25) is 5.02 Å². The highest BCUT2D eigenvalue weighted by atomic mass is 35.5. The molecule has 30 heavy (non-hydrogen) atoms. The molecular formula is C21H18ClF2N3OS2. The maximum absolute atomic E-state index is 14.2. The summed E-state index contributed by atoms with van der Waals surface area (Å²) in [5, 5.41) is 1.54. The molecule has 0 fully saturated rings. The molecule has 0 spiro atoms. The van der Waals surface area contributed by atoms with E-state index in [-0.39, 0.29) is 11.4 Å². The zero-order valence-electron chi connectivity index (χ0n) is 16.3. The van der Waals surface area contributed by atoms with Crippen LogP contribution in [0.5, 0.6) is 0 Å². The molecule has 1 amide bonds. The second kappa shape index (κ2) is 8.55. The topological polar surface area (TPSA) is 36.4 Å². The number of rotatable bonds is 6. The third kappa shape index (κ3) is 4.05. The lowest BCUT2D eigenvalue weighted by atomic mass is 10.2. The van der Waals surface area contributed by atoms with Gasteiger partial charge in [-0.05, 0) is 39.2 Å². The molecule has 0 N–H and O–H groups in total. The molecule has 0 aliphatic heterocycles. The van der Waals surface area contributed by atoms with Crippen molar-refractivity contribution >= 4 is 65.6 Å². The molecule has 0 atom stereocenters. The van der Waals surface area contributed by atoms with Crippen molar-refractivity contribution in [3.8, 4) is 0 Å². The van der Waals surface area contributed by atoms with Gasteiger partial charge in [0, 0.05) is 22.7 Å². The summed E-state index contributed by atoms with van der Waals surface area (Å²) in [4.78, 5) is 21.7. The summed E-state index contributed by atoms with van der Waals surface area (Å²) in [7, 11) is 3.90. The summed E-state index contributed by atoms with van der Waals surface area (Å²) in [5.41, 5.74) is 0.0595. The Morgan fingerprint density at radius 2 is 1.87 bits per heavy atom. The lowest BCUT2D eigenvalue weighted by Crippen LogP contribution is -2.33. The number of benzene rings is 2. The number of thiazole rings is 1. The number of carbonyl (C=O) groups excluding carboxylic acids is 1. The summed E-state index contributed by atoms with van der Waals surface area (Å²) in [5.74, 6) is -1.71. The van der Waals surface area contributed by atoms with Crippen LogP contribution in [-0.4, -0.2) is 43.0 Å². The average Bonchev–Trinajstić information content (AvgIpc) is 3.26. The van der Waals surface area contributed by atoms with E-state index in [1.54, 1.807) is 0 Å². The summed E-state index contributed by atoms with van der Waals surface area (Å²) >= 11 is 8.93. The van der Waals surface area contributed by atoms with Crippen molar-refractivity contribution < 1.29 is 13.6 Å². The van der Waals surface area contributed by atoms with E-state index in [0.29, 0.717) is 32.7 Å². The quantitative estimate of drug-likeness (QED) is 0.348. The van der Waals surface area contributed by atoms with Crippen molar-refractivity contribution in [2.45, 2.75) is 6.42 Å². The van der Waals surface area contributed by atoms with Gasteiger partial charge in [0.15, 0.2) is 10.9 Å². The lowest BCUT2D eigenvalue weighted by molar-refractivity contribution is 0.0990. The van der Waals surface area contributed by atoms with Gasteiger partial charge in [0.25, 0.3) is 5.91 Å². The molecule has 4 nitrogen and oxygen atoms in total. The maximum Gasteiger partial charge on any atom is 0.271 e. The molecule has 0 radical (unpaired) electrons. The molecule has 2 aromatic heterocycles. The fourth-order valence-electron chi connectivity index (χ4n) is 3.16. The molecular weight excluding hydrogens is 448 g/mol. The van der Waals surface area contributed by atoms with Crippen LogP contribution >= 0.6 is 34.3 Å². The largest absolute Gasteiger partial charge is 0.309 e. The van der Waals surface area contributed by atoms with Crippen LogP contribution in [-0.2, 0) is 0 Å². The standard InChI is InChI=1S/C21H18ClF2N3OS2/c1-26(2)8-5-9-27(21-25-18-14(24)10-12(23)11-16(18)30-21)20(28)19-17(22)13-6-3-4-7-15(13)29-19/h3-4,6-7,10-11H,5,8-9H2,1-2H3. The normalized spacial score (nSPS) is 11.7. The number of carbonyl (C=O) groups is 1.